The fourth-order valence-corrected chi connectivity index (χ4v) is 3.68. The van der Waals surface area contributed by atoms with Crippen LogP contribution in [0.1, 0.15) is 22.3 Å². The van der Waals surface area contributed by atoms with Crippen LogP contribution >= 0.6 is 0 Å². The summed E-state index contributed by atoms with van der Waals surface area (Å²) < 4.78 is 1.13. The van der Waals surface area contributed by atoms with Crippen molar-refractivity contribution in [1.82, 2.24) is 15.1 Å². The summed E-state index contributed by atoms with van der Waals surface area (Å²) in [7, 11) is 0. The molecular formula is C26H24N4O4. The number of aromatic nitrogens is 2. The van der Waals surface area contributed by atoms with Crippen LogP contribution in [0.2, 0.25) is 0 Å². The molecule has 34 heavy (non-hydrogen) atoms. The summed E-state index contributed by atoms with van der Waals surface area (Å²) in [4.78, 5) is 50.1. The van der Waals surface area contributed by atoms with E-state index in [9.17, 15) is 19.2 Å². The van der Waals surface area contributed by atoms with Gasteiger partial charge in [-0.15, -0.1) is 0 Å². The Hall–Kier alpha value is -4.46. The average molecular weight is 457 g/mol. The van der Waals surface area contributed by atoms with E-state index in [1.54, 1.807) is 48.5 Å². The molecule has 0 aliphatic rings. The molecule has 0 spiro atoms. The lowest BCUT2D eigenvalue weighted by atomic mass is 10.1. The minimum absolute atomic E-state index is 0.00379. The summed E-state index contributed by atoms with van der Waals surface area (Å²) in [5.41, 5.74) is 1.07. The van der Waals surface area contributed by atoms with Crippen LogP contribution in [0.4, 0.5) is 5.69 Å². The third kappa shape index (κ3) is 5.29. The lowest BCUT2D eigenvalue weighted by molar-refractivity contribution is -0.116. The van der Waals surface area contributed by atoms with Gasteiger partial charge in [0.2, 0.25) is 5.91 Å². The molecule has 1 heterocycles. The van der Waals surface area contributed by atoms with Gasteiger partial charge in [-0.05, 0) is 36.2 Å². The van der Waals surface area contributed by atoms with Gasteiger partial charge in [0.05, 0.1) is 28.6 Å². The smallest absolute Gasteiger partial charge is 0.273 e. The summed E-state index contributed by atoms with van der Waals surface area (Å²) in [5, 5.41) is 8.72. The molecule has 0 aliphatic carbocycles. The van der Waals surface area contributed by atoms with Gasteiger partial charge in [0, 0.05) is 13.0 Å². The molecule has 3 N–H and O–H groups in total. The average Bonchev–Trinajstić information content (AvgIpc) is 2.86. The zero-order valence-electron chi connectivity index (χ0n) is 18.4. The monoisotopic (exact) mass is 456 g/mol. The van der Waals surface area contributed by atoms with Crippen LogP contribution in [-0.4, -0.2) is 28.1 Å². The van der Waals surface area contributed by atoms with E-state index >= 15 is 0 Å². The number of para-hydroxylation sites is 1. The van der Waals surface area contributed by atoms with E-state index in [1.807, 2.05) is 30.3 Å². The minimum Gasteiger partial charge on any atom is -0.352 e. The summed E-state index contributed by atoms with van der Waals surface area (Å²) >= 11 is 0. The number of hydrogen-bond donors (Lipinski definition) is 3. The molecule has 0 aliphatic heterocycles. The summed E-state index contributed by atoms with van der Waals surface area (Å²) in [6.45, 7) is 0.458. The lowest BCUT2D eigenvalue weighted by Crippen LogP contribution is -2.31. The molecule has 0 saturated carbocycles. The molecule has 172 valence electrons. The summed E-state index contributed by atoms with van der Waals surface area (Å²) in [5.74, 6) is -0.674. The highest BCUT2D eigenvalue weighted by molar-refractivity contribution is 6.03. The third-order valence-corrected chi connectivity index (χ3v) is 5.43. The number of benzene rings is 3. The Morgan fingerprint density at radius 1 is 0.824 bits per heavy atom. The molecule has 0 fully saturated rings. The number of aromatic amines is 1. The number of amides is 2. The molecule has 1 aromatic heterocycles. The number of rotatable bonds is 8. The van der Waals surface area contributed by atoms with E-state index in [0.717, 1.165) is 10.2 Å². The van der Waals surface area contributed by atoms with E-state index in [-0.39, 0.29) is 30.3 Å². The lowest BCUT2D eigenvalue weighted by Gasteiger charge is -2.12. The van der Waals surface area contributed by atoms with Gasteiger partial charge >= 0.3 is 0 Å². The van der Waals surface area contributed by atoms with E-state index in [2.05, 4.69) is 15.7 Å². The number of H-pyrrole nitrogens is 1. The molecule has 0 atom stereocenters. The number of hydrogen-bond acceptors (Lipinski definition) is 4. The van der Waals surface area contributed by atoms with Crippen molar-refractivity contribution in [1.29, 1.82) is 0 Å². The molecule has 2 amide bonds. The van der Waals surface area contributed by atoms with Crippen molar-refractivity contribution in [3.8, 4) is 0 Å². The van der Waals surface area contributed by atoms with Crippen LogP contribution in [0, 0.1) is 0 Å². The summed E-state index contributed by atoms with van der Waals surface area (Å²) in [6, 6.07) is 23.1. The first kappa shape index (κ1) is 22.7. The van der Waals surface area contributed by atoms with Crippen molar-refractivity contribution < 1.29 is 9.59 Å². The fraction of sp³-hybridized carbons (Fsp3) is 0.154. The highest BCUT2D eigenvalue weighted by Gasteiger charge is 2.14. The van der Waals surface area contributed by atoms with Gasteiger partial charge in [-0.1, -0.05) is 54.6 Å². The molecule has 0 saturated heterocycles. The van der Waals surface area contributed by atoms with Gasteiger partial charge in [0.25, 0.3) is 17.0 Å². The van der Waals surface area contributed by atoms with Crippen LogP contribution in [-0.2, 0) is 17.8 Å². The van der Waals surface area contributed by atoms with Gasteiger partial charge in [0.15, 0.2) is 0 Å². The molecule has 8 heteroatoms. The number of fused-ring (bicyclic) bond motifs is 1. The second-order valence-electron chi connectivity index (χ2n) is 7.78. The van der Waals surface area contributed by atoms with Crippen molar-refractivity contribution >= 4 is 28.3 Å². The maximum Gasteiger partial charge on any atom is 0.273 e. The van der Waals surface area contributed by atoms with Crippen LogP contribution in [0.15, 0.2) is 88.5 Å². The van der Waals surface area contributed by atoms with Crippen LogP contribution in [0.5, 0.6) is 0 Å². The highest BCUT2D eigenvalue weighted by Crippen LogP contribution is 2.15. The van der Waals surface area contributed by atoms with Crippen LogP contribution in [0.3, 0.4) is 0 Å². The van der Waals surface area contributed by atoms with Crippen LogP contribution in [0.25, 0.3) is 10.8 Å². The fourth-order valence-electron chi connectivity index (χ4n) is 3.68. The molecule has 4 aromatic rings. The van der Waals surface area contributed by atoms with Gasteiger partial charge in [-0.2, -0.15) is 0 Å². The van der Waals surface area contributed by atoms with Crippen molar-refractivity contribution in [2.75, 3.05) is 11.9 Å². The molecule has 0 bridgehead atoms. The number of nitrogens with one attached hydrogen (secondary N) is 3. The third-order valence-electron chi connectivity index (χ3n) is 5.43. The van der Waals surface area contributed by atoms with Gasteiger partial charge in [-0.3, -0.25) is 24.3 Å². The molecular weight excluding hydrogens is 432 g/mol. The molecule has 3 aromatic carbocycles. The first-order chi connectivity index (χ1) is 16.5. The number of nitrogens with zero attached hydrogens (tertiary/aromatic N) is 1. The Morgan fingerprint density at radius 3 is 2.29 bits per heavy atom. The molecule has 4 rings (SSSR count). The highest BCUT2D eigenvalue weighted by atomic mass is 16.2. The minimum atomic E-state index is -0.395. The standard InChI is InChI=1S/C26H24N4O4/c31-23(15-17-30-26(34)20-11-5-4-10-19(20)25(33)29-30)28-22-13-7-6-12-21(22)24(32)27-16-14-18-8-2-1-3-9-18/h1-13H,14-17H2,(H,27,32)(H,28,31)(H,29,33). The van der Waals surface area contributed by atoms with Gasteiger partial charge in [-0.25, -0.2) is 4.68 Å². The normalized spacial score (nSPS) is 10.7. The predicted molar refractivity (Wildman–Crippen MR) is 131 cm³/mol. The zero-order valence-corrected chi connectivity index (χ0v) is 18.4. The number of anilines is 1. The zero-order chi connectivity index (χ0) is 23.9. The second-order valence-corrected chi connectivity index (χ2v) is 7.78. The SMILES string of the molecule is O=C(CCn1[nH]c(=O)c2ccccc2c1=O)Nc1ccccc1C(=O)NCCc1ccccc1. The predicted octanol–water partition coefficient (Wildman–Crippen LogP) is 2.69. The molecule has 0 unspecified atom stereocenters. The van der Waals surface area contributed by atoms with Gasteiger partial charge < -0.3 is 10.6 Å². The summed E-state index contributed by atoms with van der Waals surface area (Å²) in [6.07, 6.45) is 0.637. The van der Waals surface area contributed by atoms with Crippen molar-refractivity contribution in [2.24, 2.45) is 0 Å². The number of carbonyl (C=O) groups is 2. The molecule has 0 radical (unpaired) electrons. The molecule has 8 nitrogen and oxygen atoms in total. The quantitative estimate of drug-likeness (QED) is 0.378. The Kier molecular flexibility index (Phi) is 6.98. The van der Waals surface area contributed by atoms with Crippen LogP contribution < -0.4 is 21.8 Å². The first-order valence-electron chi connectivity index (χ1n) is 11.0. The Labute approximate surface area is 195 Å². The van der Waals surface area contributed by atoms with Crippen molar-refractivity contribution in [2.45, 2.75) is 19.4 Å². The Morgan fingerprint density at radius 2 is 1.50 bits per heavy atom. The topological polar surface area (TPSA) is 113 Å². The second kappa shape index (κ2) is 10.4. The maximum atomic E-state index is 12.7. The van der Waals surface area contributed by atoms with Crippen molar-refractivity contribution in [3.05, 3.63) is 111 Å². The van der Waals surface area contributed by atoms with E-state index in [0.29, 0.717) is 35.0 Å². The number of aryl methyl sites for hydroxylation is 1. The maximum absolute atomic E-state index is 12.7. The Balaban J connectivity index is 1.39. The van der Waals surface area contributed by atoms with Gasteiger partial charge in [0.1, 0.15) is 0 Å². The first-order valence-corrected chi connectivity index (χ1v) is 11.0. The Bertz CT molecular complexity index is 1440. The van der Waals surface area contributed by atoms with E-state index < -0.39 is 5.56 Å². The largest absolute Gasteiger partial charge is 0.352 e. The van der Waals surface area contributed by atoms with E-state index in [1.165, 1.54) is 0 Å². The number of carbonyl (C=O) groups excluding carboxylic acids is 2. The van der Waals surface area contributed by atoms with E-state index in [4.69, 9.17) is 0 Å². The van der Waals surface area contributed by atoms with Crippen molar-refractivity contribution in [3.63, 3.8) is 0 Å².